The lowest BCUT2D eigenvalue weighted by molar-refractivity contribution is -0.139. The second-order valence-electron chi connectivity index (χ2n) is 8.70. The highest BCUT2D eigenvalue weighted by molar-refractivity contribution is 8.15. The molecule has 0 saturated carbocycles. The monoisotopic (exact) mass is 539 g/mol. The molecule has 0 bridgehead atoms. The van der Waals surface area contributed by atoms with E-state index < -0.39 is 18.1 Å². The van der Waals surface area contributed by atoms with Crippen molar-refractivity contribution in [2.45, 2.75) is 5.25 Å². The van der Waals surface area contributed by atoms with Gasteiger partial charge in [0.2, 0.25) is 11.0 Å². The molecule has 1 aliphatic rings. The number of β-lactam (4-membered cyclic amide) rings is 1. The van der Waals surface area contributed by atoms with Crippen LogP contribution in [0.3, 0.4) is 0 Å². The summed E-state index contributed by atoms with van der Waals surface area (Å²) >= 11 is 1.00. The third-order valence-electron chi connectivity index (χ3n) is 6.52. The molecule has 0 radical (unpaired) electrons. The number of ether oxygens (including phenoxy) is 1. The van der Waals surface area contributed by atoms with Crippen LogP contribution in [-0.4, -0.2) is 46.2 Å². The predicted molar refractivity (Wildman–Crippen MR) is 156 cm³/mol. The van der Waals surface area contributed by atoms with Crippen molar-refractivity contribution in [1.82, 2.24) is 4.90 Å². The number of likely N-dealkylation sites (tertiary alicyclic amines) is 1. The molecule has 1 fully saturated rings. The molecule has 7 heteroatoms. The lowest BCUT2D eigenvalue weighted by Gasteiger charge is -2.42. The molecule has 4 aromatic rings. The van der Waals surface area contributed by atoms with E-state index in [1.807, 2.05) is 97.1 Å². The molecule has 1 saturated heterocycles. The molecule has 190 valence electrons. The highest BCUT2D eigenvalue weighted by Gasteiger charge is 2.47. The summed E-state index contributed by atoms with van der Waals surface area (Å²) in [6.45, 7) is -2.62. The van der Waals surface area contributed by atoms with Crippen LogP contribution < -0.4 is 15.9 Å². The largest absolute Gasteiger partial charge is 0.464 e. The number of thioether (sulfide) groups is 1. The van der Waals surface area contributed by atoms with Crippen LogP contribution in [0.1, 0.15) is 10.4 Å². The summed E-state index contributed by atoms with van der Waals surface area (Å²) in [4.78, 5) is 41.7. The molecule has 0 aliphatic carbocycles. The highest BCUT2D eigenvalue weighted by Crippen LogP contribution is 2.48. The maximum absolute atomic E-state index is 13.7. The topological polar surface area (TPSA) is 63.7 Å². The zero-order chi connectivity index (χ0) is 26.5. The number of hydrogen-bond donors (Lipinski definition) is 0. The van der Waals surface area contributed by atoms with Crippen molar-refractivity contribution in [2.75, 3.05) is 13.7 Å². The maximum Gasteiger partial charge on any atom is 0.355 e. The zero-order valence-electron chi connectivity index (χ0n) is 20.8. The summed E-state index contributed by atoms with van der Waals surface area (Å²) < 4.78 is 5.36. The Hall–Kier alpha value is -3.86. The van der Waals surface area contributed by atoms with Gasteiger partial charge in [0.1, 0.15) is 10.7 Å². The first-order valence-corrected chi connectivity index (χ1v) is 14.8. The van der Waals surface area contributed by atoms with Gasteiger partial charge in [-0.3, -0.25) is 9.59 Å². The van der Waals surface area contributed by atoms with Gasteiger partial charge in [0, 0.05) is 19.0 Å². The molecule has 4 aromatic carbocycles. The molecule has 1 unspecified atom stereocenters. The van der Waals surface area contributed by atoms with Gasteiger partial charge < -0.3 is 9.64 Å². The lowest BCUT2D eigenvalue weighted by Crippen LogP contribution is -2.61. The third-order valence-corrected chi connectivity index (χ3v) is 11.9. The van der Waals surface area contributed by atoms with Crippen LogP contribution in [0, 0.1) is 0 Å². The van der Waals surface area contributed by atoms with Crippen LogP contribution >= 0.6 is 18.6 Å². The van der Waals surface area contributed by atoms with Gasteiger partial charge in [0.15, 0.2) is 0 Å². The van der Waals surface area contributed by atoms with E-state index in [0.717, 1.165) is 27.7 Å². The van der Waals surface area contributed by atoms with Gasteiger partial charge in [0.05, 0.1) is 7.11 Å². The van der Waals surface area contributed by atoms with Gasteiger partial charge in [-0.25, -0.2) is 4.79 Å². The number of carbonyl (C=O) groups is 3. The van der Waals surface area contributed by atoms with Crippen molar-refractivity contribution in [3.63, 3.8) is 0 Å². The molecule has 1 aliphatic heterocycles. The molecule has 1 amide bonds. The summed E-state index contributed by atoms with van der Waals surface area (Å²) in [7, 11) is 1.34. The molecule has 1 atom stereocenters. The van der Waals surface area contributed by atoms with Crippen LogP contribution in [0.2, 0.25) is 0 Å². The molecule has 5 nitrogen and oxygen atoms in total. The maximum atomic E-state index is 13.7. The Bertz CT molecular complexity index is 1410. The van der Waals surface area contributed by atoms with Gasteiger partial charge in [0.25, 0.3) is 0 Å². The zero-order valence-corrected chi connectivity index (χ0v) is 22.5. The minimum absolute atomic E-state index is 0.168. The fraction of sp³-hybridized carbons (Fsp3) is 0.0968. The number of esters is 1. The van der Waals surface area contributed by atoms with Crippen molar-refractivity contribution >= 4 is 57.0 Å². The summed E-state index contributed by atoms with van der Waals surface area (Å²) in [5.74, 6) is -0.826. The fourth-order valence-corrected chi connectivity index (χ4v) is 10.1. The number of carbonyl (C=O) groups excluding carboxylic acids is 3. The average Bonchev–Trinajstić information content (AvgIpc) is 2.99. The standard InChI is InChI=1S/C31H26NO4PS/c1-36-30(34)29(32-22-27(28(32)33)38-31(35)23-14-6-2-7-15-23)37(24-16-8-3-9-17-24,25-18-10-4-11-19-25)26-20-12-5-13-21-26/h2-21,27H,22H2,1H3. The van der Waals surface area contributed by atoms with Crippen LogP contribution in [0.5, 0.6) is 0 Å². The Morgan fingerprint density at radius 3 is 1.55 bits per heavy atom. The molecular formula is C31H26NO4PS. The molecular weight excluding hydrogens is 513 g/mol. The van der Waals surface area contributed by atoms with E-state index >= 15 is 0 Å². The number of methoxy groups -OCH3 is 1. The van der Waals surface area contributed by atoms with Gasteiger partial charge in [-0.05, 0) is 15.9 Å². The van der Waals surface area contributed by atoms with E-state index in [2.05, 4.69) is 0 Å². The summed E-state index contributed by atoms with van der Waals surface area (Å²) in [6.07, 6.45) is 0. The van der Waals surface area contributed by atoms with Gasteiger partial charge >= 0.3 is 5.97 Å². The van der Waals surface area contributed by atoms with E-state index in [-0.39, 0.29) is 17.6 Å². The number of nitrogens with zero attached hydrogens (tertiary/aromatic N) is 1. The SMILES string of the molecule is COC(=O)C(N1CC(SC(=O)c2ccccc2)C1=O)=P(c1ccccc1)(c1ccccc1)c1ccccc1. The van der Waals surface area contributed by atoms with E-state index in [9.17, 15) is 14.4 Å². The van der Waals surface area contributed by atoms with Crippen molar-refractivity contribution in [2.24, 2.45) is 0 Å². The van der Waals surface area contributed by atoms with Crippen LogP contribution in [0.25, 0.3) is 0 Å². The van der Waals surface area contributed by atoms with Gasteiger partial charge in [-0.1, -0.05) is 133 Å². The first-order chi connectivity index (χ1) is 18.6. The average molecular weight is 540 g/mol. The van der Waals surface area contributed by atoms with E-state index in [4.69, 9.17) is 4.74 Å². The lowest BCUT2D eigenvalue weighted by atomic mass is 10.2. The highest BCUT2D eigenvalue weighted by atomic mass is 32.2. The minimum Gasteiger partial charge on any atom is -0.464 e. The van der Waals surface area contributed by atoms with Crippen LogP contribution in [-0.2, 0) is 14.3 Å². The summed E-state index contributed by atoms with van der Waals surface area (Å²) in [5, 5.41) is 2.05. The molecule has 1 heterocycles. The summed E-state index contributed by atoms with van der Waals surface area (Å²) in [5.41, 5.74) is 0.859. The first-order valence-electron chi connectivity index (χ1n) is 12.2. The van der Waals surface area contributed by atoms with Gasteiger partial charge in [-0.15, -0.1) is 0 Å². The van der Waals surface area contributed by atoms with Gasteiger partial charge in [-0.2, -0.15) is 0 Å². The molecule has 0 N–H and O–H groups in total. The van der Waals surface area contributed by atoms with Crippen LogP contribution in [0.4, 0.5) is 0 Å². The number of rotatable bonds is 7. The Balaban J connectivity index is 1.71. The van der Waals surface area contributed by atoms with Crippen molar-refractivity contribution in [3.05, 3.63) is 127 Å². The van der Waals surface area contributed by atoms with E-state index in [1.165, 1.54) is 12.0 Å². The summed E-state index contributed by atoms with van der Waals surface area (Å²) in [6, 6.07) is 38.4. The first kappa shape index (κ1) is 25.8. The Morgan fingerprint density at radius 2 is 1.16 bits per heavy atom. The Morgan fingerprint density at radius 1 is 0.737 bits per heavy atom. The predicted octanol–water partition coefficient (Wildman–Crippen LogP) is 4.07. The van der Waals surface area contributed by atoms with E-state index in [0.29, 0.717) is 11.0 Å². The minimum atomic E-state index is -2.86. The third kappa shape index (κ3) is 4.62. The molecule has 38 heavy (non-hydrogen) atoms. The smallest absolute Gasteiger partial charge is 0.355 e. The second kappa shape index (κ2) is 11.3. The number of benzene rings is 4. The normalized spacial score (nSPS) is 14.9. The molecule has 5 rings (SSSR count). The van der Waals surface area contributed by atoms with E-state index in [1.54, 1.807) is 24.3 Å². The number of amides is 1. The number of hydrogen-bond acceptors (Lipinski definition) is 5. The quantitative estimate of drug-likeness (QED) is 0.201. The van der Waals surface area contributed by atoms with Crippen LogP contribution in [0.15, 0.2) is 121 Å². The Labute approximate surface area is 226 Å². The van der Waals surface area contributed by atoms with Crippen molar-refractivity contribution in [1.29, 1.82) is 0 Å². The van der Waals surface area contributed by atoms with Crippen molar-refractivity contribution < 1.29 is 19.1 Å². The second-order valence-corrected chi connectivity index (χ2v) is 13.2. The molecule has 0 aromatic heterocycles. The fourth-order valence-electron chi connectivity index (χ4n) is 4.73. The Kier molecular flexibility index (Phi) is 7.64. The van der Waals surface area contributed by atoms with Crippen molar-refractivity contribution in [3.8, 4) is 0 Å². The molecule has 0 spiro atoms.